The summed E-state index contributed by atoms with van der Waals surface area (Å²) < 4.78 is 25.7. The van der Waals surface area contributed by atoms with Crippen LogP contribution in [0.5, 0.6) is 0 Å². The van der Waals surface area contributed by atoms with E-state index in [0.29, 0.717) is 31.5 Å². The Morgan fingerprint density at radius 3 is 2.60 bits per heavy atom. The summed E-state index contributed by atoms with van der Waals surface area (Å²) in [6.07, 6.45) is 8.04. The molecular formula is C22H36N4O3S. The van der Waals surface area contributed by atoms with Crippen LogP contribution in [0, 0.1) is 19.8 Å². The van der Waals surface area contributed by atoms with Crippen LogP contribution in [0.15, 0.2) is 0 Å². The van der Waals surface area contributed by atoms with E-state index in [1.807, 2.05) is 25.6 Å². The summed E-state index contributed by atoms with van der Waals surface area (Å²) in [5.41, 5.74) is 3.07. The number of aromatic nitrogens is 2. The minimum atomic E-state index is -2.95. The van der Waals surface area contributed by atoms with E-state index in [1.165, 1.54) is 25.7 Å². The van der Waals surface area contributed by atoms with Crippen LogP contribution >= 0.6 is 0 Å². The Balaban J connectivity index is 1.40. The lowest BCUT2D eigenvalue weighted by Gasteiger charge is -2.44. The normalized spacial score (nSPS) is 28.7. The van der Waals surface area contributed by atoms with Crippen molar-refractivity contribution < 1.29 is 13.2 Å². The number of amides is 1. The lowest BCUT2D eigenvalue weighted by molar-refractivity contribution is -0.138. The smallest absolute Gasteiger partial charge is 0.237 e. The van der Waals surface area contributed by atoms with Gasteiger partial charge in [-0.05, 0) is 58.9 Å². The Morgan fingerprint density at radius 2 is 1.87 bits per heavy atom. The van der Waals surface area contributed by atoms with Crippen molar-refractivity contribution in [1.29, 1.82) is 0 Å². The molecule has 8 heteroatoms. The van der Waals surface area contributed by atoms with Crippen LogP contribution in [0.3, 0.4) is 0 Å². The zero-order valence-corrected chi connectivity index (χ0v) is 19.5. The summed E-state index contributed by atoms with van der Waals surface area (Å²) in [5.74, 6) is 1.38. The molecule has 0 radical (unpaired) electrons. The second-order valence-electron chi connectivity index (χ2n) is 9.66. The molecule has 2 aliphatic heterocycles. The number of nitrogens with zero attached hydrogens (tertiary/aromatic N) is 4. The molecule has 3 atom stereocenters. The number of sulfone groups is 1. The third kappa shape index (κ3) is 4.44. The molecule has 4 rings (SSSR count). The van der Waals surface area contributed by atoms with Gasteiger partial charge in [-0.2, -0.15) is 5.10 Å². The first-order valence-corrected chi connectivity index (χ1v) is 13.3. The van der Waals surface area contributed by atoms with Gasteiger partial charge in [-0.15, -0.1) is 0 Å². The maximum absolute atomic E-state index is 13.1. The first kappa shape index (κ1) is 21.8. The number of likely N-dealkylation sites (tertiary alicyclic amines) is 1. The SMILES string of the molecule is Cc1nn(C2CCS(=O)(=O)C2)c(C)c1CN(C)CC(=O)N1CCCC2CCCCC21. The minimum absolute atomic E-state index is 0.0639. The van der Waals surface area contributed by atoms with Gasteiger partial charge in [0.15, 0.2) is 9.84 Å². The number of rotatable bonds is 5. The van der Waals surface area contributed by atoms with E-state index in [9.17, 15) is 13.2 Å². The van der Waals surface area contributed by atoms with Crippen molar-refractivity contribution in [3.63, 3.8) is 0 Å². The van der Waals surface area contributed by atoms with E-state index in [4.69, 9.17) is 0 Å². The summed E-state index contributed by atoms with van der Waals surface area (Å²) in [6, 6.07) is 0.384. The Kier molecular flexibility index (Phi) is 6.26. The largest absolute Gasteiger partial charge is 0.338 e. The zero-order valence-electron chi connectivity index (χ0n) is 18.6. The second kappa shape index (κ2) is 8.61. The molecule has 1 aliphatic carbocycles. The Morgan fingerprint density at radius 1 is 1.13 bits per heavy atom. The Labute approximate surface area is 180 Å². The Hall–Kier alpha value is -1.41. The first-order valence-electron chi connectivity index (χ1n) is 11.5. The predicted molar refractivity (Wildman–Crippen MR) is 117 cm³/mol. The average molecular weight is 437 g/mol. The van der Waals surface area contributed by atoms with E-state index < -0.39 is 9.84 Å². The number of fused-ring (bicyclic) bond motifs is 1. The second-order valence-corrected chi connectivity index (χ2v) is 11.9. The minimum Gasteiger partial charge on any atom is -0.338 e. The molecule has 30 heavy (non-hydrogen) atoms. The van der Waals surface area contributed by atoms with Crippen LogP contribution in [0.25, 0.3) is 0 Å². The number of carbonyl (C=O) groups is 1. The van der Waals surface area contributed by atoms with Crippen LogP contribution < -0.4 is 0 Å². The maximum Gasteiger partial charge on any atom is 0.237 e. The number of hydrogen-bond acceptors (Lipinski definition) is 5. The lowest BCUT2D eigenvalue weighted by atomic mass is 9.78. The molecule has 1 saturated carbocycles. The Bertz CT molecular complexity index is 892. The van der Waals surface area contributed by atoms with Gasteiger partial charge in [0.25, 0.3) is 0 Å². The van der Waals surface area contributed by atoms with E-state index in [-0.39, 0.29) is 23.5 Å². The molecule has 3 fully saturated rings. The number of likely N-dealkylation sites (N-methyl/N-ethyl adjacent to an activating group) is 1. The molecule has 0 aromatic carbocycles. The van der Waals surface area contributed by atoms with Gasteiger partial charge in [0.05, 0.1) is 29.8 Å². The predicted octanol–water partition coefficient (Wildman–Crippen LogP) is 2.47. The van der Waals surface area contributed by atoms with Gasteiger partial charge in [0, 0.05) is 30.4 Å². The number of aryl methyl sites for hydroxylation is 1. The van der Waals surface area contributed by atoms with Gasteiger partial charge in [-0.1, -0.05) is 12.8 Å². The van der Waals surface area contributed by atoms with Crippen molar-refractivity contribution in [2.75, 3.05) is 31.6 Å². The van der Waals surface area contributed by atoms with E-state index in [2.05, 4.69) is 14.9 Å². The van der Waals surface area contributed by atoms with Crippen molar-refractivity contribution in [3.8, 4) is 0 Å². The van der Waals surface area contributed by atoms with E-state index in [0.717, 1.165) is 36.3 Å². The molecule has 2 saturated heterocycles. The molecule has 1 amide bonds. The van der Waals surface area contributed by atoms with Crippen LogP contribution in [0.4, 0.5) is 0 Å². The number of hydrogen-bond donors (Lipinski definition) is 0. The molecule has 0 spiro atoms. The zero-order chi connectivity index (χ0) is 21.5. The lowest BCUT2D eigenvalue weighted by Crippen LogP contribution is -2.52. The standard InChI is InChI=1S/C22H36N4O3S/c1-16-20(17(2)26(23-16)19-10-12-30(28,29)15-19)13-24(3)14-22(27)25-11-6-8-18-7-4-5-9-21(18)25/h18-19,21H,4-15H2,1-3H3. The third-order valence-electron chi connectivity index (χ3n) is 7.43. The highest BCUT2D eigenvalue weighted by molar-refractivity contribution is 7.91. The van der Waals surface area contributed by atoms with Gasteiger partial charge in [-0.25, -0.2) is 8.42 Å². The topological polar surface area (TPSA) is 75.5 Å². The van der Waals surface area contributed by atoms with Gasteiger partial charge in [0.2, 0.25) is 5.91 Å². The molecule has 0 bridgehead atoms. The summed E-state index contributed by atoms with van der Waals surface area (Å²) in [5, 5.41) is 4.66. The maximum atomic E-state index is 13.1. The molecule has 3 aliphatic rings. The van der Waals surface area contributed by atoms with Crippen molar-refractivity contribution in [2.45, 2.75) is 77.4 Å². The molecule has 1 aromatic heterocycles. The van der Waals surface area contributed by atoms with Crippen molar-refractivity contribution in [2.24, 2.45) is 5.92 Å². The molecule has 3 heterocycles. The van der Waals surface area contributed by atoms with Crippen LogP contribution in [-0.2, 0) is 21.2 Å². The first-order chi connectivity index (χ1) is 14.2. The number of carbonyl (C=O) groups excluding carboxylic acids is 1. The average Bonchev–Trinajstić information content (AvgIpc) is 3.20. The summed E-state index contributed by atoms with van der Waals surface area (Å²) in [7, 11) is -0.950. The molecule has 7 nitrogen and oxygen atoms in total. The third-order valence-corrected chi connectivity index (χ3v) is 9.18. The quantitative estimate of drug-likeness (QED) is 0.709. The van der Waals surface area contributed by atoms with E-state index >= 15 is 0 Å². The summed E-state index contributed by atoms with van der Waals surface area (Å²) in [4.78, 5) is 17.4. The van der Waals surface area contributed by atoms with Crippen LogP contribution in [0.1, 0.15) is 67.9 Å². The molecule has 3 unspecified atom stereocenters. The molecule has 168 valence electrons. The highest BCUT2D eigenvalue weighted by Crippen LogP contribution is 2.35. The summed E-state index contributed by atoms with van der Waals surface area (Å²) >= 11 is 0. The van der Waals surface area contributed by atoms with Crippen LogP contribution in [-0.4, -0.2) is 71.6 Å². The van der Waals surface area contributed by atoms with Crippen LogP contribution in [0.2, 0.25) is 0 Å². The van der Waals surface area contributed by atoms with E-state index in [1.54, 1.807) is 0 Å². The fourth-order valence-corrected chi connectivity index (χ4v) is 7.52. The highest BCUT2D eigenvalue weighted by Gasteiger charge is 2.36. The highest BCUT2D eigenvalue weighted by atomic mass is 32.2. The van der Waals surface area contributed by atoms with Gasteiger partial charge in [-0.3, -0.25) is 14.4 Å². The van der Waals surface area contributed by atoms with Gasteiger partial charge in [0.1, 0.15) is 0 Å². The van der Waals surface area contributed by atoms with Gasteiger partial charge >= 0.3 is 0 Å². The fourth-order valence-electron chi connectivity index (χ4n) is 5.83. The van der Waals surface area contributed by atoms with Crippen molar-refractivity contribution >= 4 is 15.7 Å². The van der Waals surface area contributed by atoms with Crippen molar-refractivity contribution in [1.82, 2.24) is 19.6 Å². The number of piperidine rings is 1. The monoisotopic (exact) mass is 436 g/mol. The molecule has 1 aromatic rings. The molecule has 0 N–H and O–H groups in total. The van der Waals surface area contributed by atoms with Gasteiger partial charge < -0.3 is 4.90 Å². The van der Waals surface area contributed by atoms with Crippen molar-refractivity contribution in [3.05, 3.63) is 17.0 Å². The summed E-state index contributed by atoms with van der Waals surface area (Å²) in [6.45, 7) is 5.98. The molecular weight excluding hydrogens is 400 g/mol. The fraction of sp³-hybridized carbons (Fsp3) is 0.818.